The van der Waals surface area contributed by atoms with Gasteiger partial charge < -0.3 is 18.9 Å². The maximum atomic E-state index is 13.2. The van der Waals surface area contributed by atoms with Gasteiger partial charge in [-0.2, -0.15) is 0 Å². The molecule has 0 aliphatic carbocycles. The molecule has 0 spiro atoms. The third-order valence-electron chi connectivity index (χ3n) is 6.68. The highest BCUT2D eigenvalue weighted by molar-refractivity contribution is 6.39. The summed E-state index contributed by atoms with van der Waals surface area (Å²) in [5.41, 5.74) is 1.92. The van der Waals surface area contributed by atoms with Gasteiger partial charge in [0.05, 0.1) is 19.4 Å². The monoisotopic (exact) mass is 558 g/mol. The number of methoxy groups -OCH3 is 1. The van der Waals surface area contributed by atoms with E-state index in [1.54, 1.807) is 42.5 Å². The van der Waals surface area contributed by atoms with Crippen molar-refractivity contribution in [2.75, 3.05) is 31.8 Å². The summed E-state index contributed by atoms with van der Waals surface area (Å²) < 4.78 is 22.6. The number of carbonyl (C=O) groups excluding carboxylic acids is 3. The zero-order valence-electron chi connectivity index (χ0n) is 23.6. The van der Waals surface area contributed by atoms with E-state index < -0.39 is 17.8 Å². The van der Waals surface area contributed by atoms with Gasteiger partial charge in [-0.1, -0.05) is 32.0 Å². The molecule has 41 heavy (non-hydrogen) atoms. The molecule has 1 unspecified atom stereocenters. The number of rotatable bonds is 12. The molecule has 1 N–H and O–H groups in total. The van der Waals surface area contributed by atoms with Crippen molar-refractivity contribution in [2.45, 2.75) is 33.1 Å². The Labute approximate surface area is 239 Å². The zero-order chi connectivity index (χ0) is 29.4. The van der Waals surface area contributed by atoms with E-state index >= 15 is 0 Å². The van der Waals surface area contributed by atoms with E-state index in [-0.39, 0.29) is 12.2 Å². The van der Waals surface area contributed by atoms with Gasteiger partial charge in [-0.3, -0.25) is 14.9 Å². The first-order valence-electron chi connectivity index (χ1n) is 13.5. The quantitative estimate of drug-likeness (QED) is 0.172. The van der Waals surface area contributed by atoms with Crippen molar-refractivity contribution in [2.24, 2.45) is 0 Å². The Balaban J connectivity index is 1.45. The number of ether oxygens (including phenoxy) is 4. The molecule has 3 aromatic carbocycles. The van der Waals surface area contributed by atoms with E-state index in [2.05, 4.69) is 31.3 Å². The van der Waals surface area contributed by atoms with Crippen molar-refractivity contribution in [1.82, 2.24) is 5.32 Å². The van der Waals surface area contributed by atoms with Gasteiger partial charge in [-0.25, -0.2) is 9.69 Å². The number of amides is 4. The molecular weight excluding hydrogens is 524 g/mol. The molecule has 0 aromatic heterocycles. The summed E-state index contributed by atoms with van der Waals surface area (Å²) in [5, 5.41) is 2.23. The summed E-state index contributed by atoms with van der Waals surface area (Å²) in [6.45, 7) is 7.21. The first-order chi connectivity index (χ1) is 19.8. The van der Waals surface area contributed by atoms with E-state index in [0.29, 0.717) is 47.6 Å². The first-order valence-corrected chi connectivity index (χ1v) is 13.5. The van der Waals surface area contributed by atoms with Crippen LogP contribution in [0.15, 0.2) is 72.3 Å². The van der Waals surface area contributed by atoms with Crippen molar-refractivity contribution in [3.63, 3.8) is 0 Å². The van der Waals surface area contributed by atoms with Gasteiger partial charge in [0.2, 0.25) is 0 Å². The van der Waals surface area contributed by atoms with E-state index in [1.807, 2.05) is 19.1 Å². The van der Waals surface area contributed by atoms with Crippen LogP contribution in [0.2, 0.25) is 0 Å². The molecule has 1 heterocycles. The summed E-state index contributed by atoms with van der Waals surface area (Å²) in [7, 11) is 1.52. The van der Waals surface area contributed by atoms with Gasteiger partial charge in [0, 0.05) is 0 Å². The van der Waals surface area contributed by atoms with E-state index in [9.17, 15) is 14.4 Å². The van der Waals surface area contributed by atoms with E-state index in [4.69, 9.17) is 18.9 Å². The summed E-state index contributed by atoms with van der Waals surface area (Å²) in [6, 6.07) is 18.7. The van der Waals surface area contributed by atoms with Crippen LogP contribution in [0.4, 0.5) is 10.5 Å². The molecule has 3 aromatic rings. The lowest BCUT2D eigenvalue weighted by Crippen LogP contribution is -2.54. The summed E-state index contributed by atoms with van der Waals surface area (Å²) in [5.74, 6) is 1.27. The van der Waals surface area contributed by atoms with Crippen molar-refractivity contribution >= 4 is 29.6 Å². The Morgan fingerprint density at radius 2 is 1.51 bits per heavy atom. The average Bonchev–Trinajstić information content (AvgIpc) is 2.98. The van der Waals surface area contributed by atoms with Crippen LogP contribution in [-0.4, -0.2) is 44.8 Å². The number of nitrogens with one attached hydrogen (secondary N) is 1. The highest BCUT2D eigenvalue weighted by Crippen LogP contribution is 2.31. The highest BCUT2D eigenvalue weighted by Gasteiger charge is 2.36. The van der Waals surface area contributed by atoms with Crippen LogP contribution in [0.5, 0.6) is 23.0 Å². The van der Waals surface area contributed by atoms with Gasteiger partial charge in [0.25, 0.3) is 11.8 Å². The van der Waals surface area contributed by atoms with Crippen LogP contribution in [0, 0.1) is 0 Å². The number of urea groups is 1. The molecule has 214 valence electrons. The molecule has 0 bridgehead atoms. The largest absolute Gasteiger partial charge is 0.497 e. The number of carbonyl (C=O) groups is 3. The molecule has 4 amide bonds. The fraction of sp³-hybridized carbons (Fsp3) is 0.281. The minimum atomic E-state index is -0.824. The normalized spacial score (nSPS) is 15.0. The Bertz CT molecular complexity index is 1410. The molecule has 1 aliphatic rings. The average molecular weight is 559 g/mol. The number of benzene rings is 3. The van der Waals surface area contributed by atoms with Crippen LogP contribution in [0.3, 0.4) is 0 Å². The van der Waals surface area contributed by atoms with E-state index in [1.165, 1.54) is 18.7 Å². The Hall–Kier alpha value is -4.79. The molecule has 4 rings (SSSR count). The lowest BCUT2D eigenvalue weighted by molar-refractivity contribution is -0.122. The summed E-state index contributed by atoms with van der Waals surface area (Å²) in [4.78, 5) is 39.2. The third kappa shape index (κ3) is 7.05. The van der Waals surface area contributed by atoms with Crippen LogP contribution in [0.1, 0.15) is 44.2 Å². The van der Waals surface area contributed by atoms with Gasteiger partial charge in [0.1, 0.15) is 30.3 Å². The summed E-state index contributed by atoms with van der Waals surface area (Å²) in [6.07, 6.45) is 2.50. The second-order valence-electron chi connectivity index (χ2n) is 9.37. The van der Waals surface area contributed by atoms with Crippen LogP contribution < -0.4 is 29.2 Å². The van der Waals surface area contributed by atoms with Crippen molar-refractivity contribution in [1.29, 1.82) is 0 Å². The number of barbiturate groups is 1. The van der Waals surface area contributed by atoms with Crippen LogP contribution in [-0.2, 0) is 9.59 Å². The Kier molecular flexibility index (Phi) is 9.63. The molecule has 1 saturated heterocycles. The molecular formula is C32H34N2O7. The number of anilines is 1. The second-order valence-corrected chi connectivity index (χ2v) is 9.37. The van der Waals surface area contributed by atoms with Crippen LogP contribution >= 0.6 is 0 Å². The number of hydrogen-bond donors (Lipinski definition) is 1. The fourth-order valence-electron chi connectivity index (χ4n) is 4.23. The first kappa shape index (κ1) is 29.2. The van der Waals surface area contributed by atoms with Crippen molar-refractivity contribution in [3.05, 3.63) is 83.4 Å². The van der Waals surface area contributed by atoms with Gasteiger partial charge in [-0.05, 0) is 85.0 Å². The highest BCUT2D eigenvalue weighted by atomic mass is 16.5. The zero-order valence-corrected chi connectivity index (χ0v) is 23.6. The Morgan fingerprint density at radius 1 is 0.829 bits per heavy atom. The molecule has 9 nitrogen and oxygen atoms in total. The summed E-state index contributed by atoms with van der Waals surface area (Å²) >= 11 is 0. The minimum absolute atomic E-state index is 0.190. The SMILES string of the molecule is CCOc1cc(C=C2C(=O)NC(=O)N(c3ccc(OC)cc3)C2=O)ccc1OCCOc1ccc(C(C)CC)cc1. The molecule has 1 fully saturated rings. The third-order valence-corrected chi connectivity index (χ3v) is 6.68. The maximum Gasteiger partial charge on any atom is 0.335 e. The van der Waals surface area contributed by atoms with Gasteiger partial charge in [-0.15, -0.1) is 0 Å². The standard InChI is InChI=1S/C32H34N2O7/c1-5-21(3)23-8-12-26(13-9-23)40-17-18-41-28-16-7-22(20-29(28)39-6-2)19-27-30(35)33-32(37)34(31(27)36)24-10-14-25(38-4)15-11-24/h7-16,19-21H,5-6,17-18H2,1-4H3,(H,33,35,37). The smallest absolute Gasteiger partial charge is 0.335 e. The Morgan fingerprint density at radius 3 is 2.17 bits per heavy atom. The lowest BCUT2D eigenvalue weighted by atomic mass is 9.99. The van der Waals surface area contributed by atoms with Crippen molar-refractivity contribution < 1.29 is 33.3 Å². The van der Waals surface area contributed by atoms with E-state index in [0.717, 1.165) is 17.1 Å². The van der Waals surface area contributed by atoms with Crippen LogP contribution in [0.25, 0.3) is 6.08 Å². The fourth-order valence-corrected chi connectivity index (χ4v) is 4.23. The minimum Gasteiger partial charge on any atom is -0.497 e. The predicted molar refractivity (Wildman–Crippen MR) is 156 cm³/mol. The lowest BCUT2D eigenvalue weighted by Gasteiger charge is -2.26. The topological polar surface area (TPSA) is 103 Å². The number of hydrogen-bond acceptors (Lipinski definition) is 7. The molecule has 0 radical (unpaired) electrons. The van der Waals surface area contributed by atoms with Gasteiger partial charge >= 0.3 is 6.03 Å². The second kappa shape index (κ2) is 13.5. The molecule has 1 atom stereocenters. The molecule has 1 aliphatic heterocycles. The van der Waals surface area contributed by atoms with Gasteiger partial charge in [0.15, 0.2) is 11.5 Å². The number of imide groups is 2. The predicted octanol–water partition coefficient (Wildman–Crippen LogP) is 5.73. The number of nitrogens with zero attached hydrogens (tertiary/aromatic N) is 1. The van der Waals surface area contributed by atoms with Crippen molar-refractivity contribution in [3.8, 4) is 23.0 Å². The molecule has 0 saturated carbocycles. The molecule has 9 heteroatoms. The maximum absolute atomic E-state index is 13.2.